The van der Waals surface area contributed by atoms with Gasteiger partial charge in [-0.1, -0.05) is 6.92 Å². The van der Waals surface area contributed by atoms with E-state index in [4.69, 9.17) is 5.73 Å². The summed E-state index contributed by atoms with van der Waals surface area (Å²) >= 11 is 0. The van der Waals surface area contributed by atoms with E-state index in [2.05, 4.69) is 0 Å². The maximum Gasteiger partial charge on any atom is 0.222 e. The molecule has 1 rings (SSSR count). The van der Waals surface area contributed by atoms with Crippen molar-refractivity contribution in [3.05, 3.63) is 0 Å². The van der Waals surface area contributed by atoms with Crippen LogP contribution >= 0.6 is 0 Å². The molecule has 64 valence electrons. The van der Waals surface area contributed by atoms with Gasteiger partial charge in [-0.05, 0) is 13.3 Å². The summed E-state index contributed by atoms with van der Waals surface area (Å²) in [6.45, 7) is 5.43. The summed E-state index contributed by atoms with van der Waals surface area (Å²) < 4.78 is 0. The number of carbonyl (C=O) groups excluding carboxylic acids is 1. The number of nitrogens with two attached hydrogens (primary N) is 1. The van der Waals surface area contributed by atoms with E-state index in [0.717, 1.165) is 19.5 Å². The molecule has 2 N–H and O–H groups in total. The first-order valence-electron chi connectivity index (χ1n) is 4.12. The second kappa shape index (κ2) is 2.81. The van der Waals surface area contributed by atoms with Crippen LogP contribution in [0.25, 0.3) is 0 Å². The first-order chi connectivity index (χ1) is 5.05. The molecule has 1 aliphatic heterocycles. The predicted octanol–water partition coefficient (Wildman–Crippen LogP) is 0.346. The Labute approximate surface area is 67.5 Å². The van der Waals surface area contributed by atoms with E-state index in [9.17, 15) is 4.79 Å². The molecular formula is C8H16N2O. The van der Waals surface area contributed by atoms with Crippen molar-refractivity contribution in [1.82, 2.24) is 4.90 Å². The van der Waals surface area contributed by atoms with Crippen LogP contribution in [0.1, 0.15) is 26.7 Å². The molecule has 0 aromatic carbocycles. The van der Waals surface area contributed by atoms with Crippen molar-refractivity contribution >= 4 is 5.91 Å². The van der Waals surface area contributed by atoms with Gasteiger partial charge >= 0.3 is 0 Å². The lowest BCUT2D eigenvalue weighted by atomic mass is 10.0. The van der Waals surface area contributed by atoms with Gasteiger partial charge < -0.3 is 10.6 Å². The van der Waals surface area contributed by atoms with Crippen molar-refractivity contribution in [2.45, 2.75) is 32.2 Å². The number of rotatable bonds is 1. The zero-order chi connectivity index (χ0) is 8.48. The Balaban J connectivity index is 2.48. The molecule has 3 nitrogen and oxygen atoms in total. The van der Waals surface area contributed by atoms with Crippen molar-refractivity contribution in [2.24, 2.45) is 5.73 Å². The Bertz CT molecular complexity index is 165. The van der Waals surface area contributed by atoms with Crippen LogP contribution in [0.4, 0.5) is 0 Å². The molecule has 0 saturated carbocycles. The van der Waals surface area contributed by atoms with Crippen LogP contribution in [0, 0.1) is 0 Å². The normalized spacial score (nSPS) is 31.0. The fourth-order valence-corrected chi connectivity index (χ4v) is 1.42. The van der Waals surface area contributed by atoms with Crippen molar-refractivity contribution in [1.29, 1.82) is 0 Å². The topological polar surface area (TPSA) is 46.3 Å². The Kier molecular flexibility index (Phi) is 2.18. The molecule has 1 atom stereocenters. The maximum absolute atomic E-state index is 11.2. The summed E-state index contributed by atoms with van der Waals surface area (Å²) in [5, 5.41) is 0. The molecule has 0 aromatic heterocycles. The molecule has 1 heterocycles. The average molecular weight is 156 g/mol. The van der Waals surface area contributed by atoms with Crippen LogP contribution in [-0.4, -0.2) is 29.4 Å². The van der Waals surface area contributed by atoms with E-state index < -0.39 is 0 Å². The molecule has 0 aromatic rings. The van der Waals surface area contributed by atoms with E-state index in [-0.39, 0.29) is 11.4 Å². The third kappa shape index (κ3) is 1.93. The van der Waals surface area contributed by atoms with Gasteiger partial charge in [0.1, 0.15) is 0 Å². The van der Waals surface area contributed by atoms with E-state index in [1.807, 2.05) is 18.7 Å². The summed E-state index contributed by atoms with van der Waals surface area (Å²) in [7, 11) is 0. The highest BCUT2D eigenvalue weighted by molar-refractivity contribution is 5.76. The number of hydrogen-bond acceptors (Lipinski definition) is 2. The van der Waals surface area contributed by atoms with Gasteiger partial charge in [0.05, 0.1) is 0 Å². The second-order valence-electron chi connectivity index (χ2n) is 3.57. The molecule has 0 spiro atoms. The van der Waals surface area contributed by atoms with Gasteiger partial charge in [-0.2, -0.15) is 0 Å². The van der Waals surface area contributed by atoms with Crippen molar-refractivity contribution in [2.75, 3.05) is 13.1 Å². The van der Waals surface area contributed by atoms with Crippen molar-refractivity contribution in [3.63, 3.8) is 0 Å². The maximum atomic E-state index is 11.2. The molecule has 1 saturated heterocycles. The zero-order valence-corrected chi connectivity index (χ0v) is 7.26. The Morgan fingerprint density at radius 3 is 2.73 bits per heavy atom. The van der Waals surface area contributed by atoms with Crippen LogP contribution in [0.15, 0.2) is 0 Å². The molecule has 1 unspecified atom stereocenters. The second-order valence-corrected chi connectivity index (χ2v) is 3.57. The van der Waals surface area contributed by atoms with E-state index in [1.54, 1.807) is 0 Å². The monoisotopic (exact) mass is 156 g/mol. The van der Waals surface area contributed by atoms with Crippen LogP contribution in [-0.2, 0) is 4.79 Å². The average Bonchev–Trinajstić information content (AvgIpc) is 2.29. The number of carbonyl (C=O) groups is 1. The largest absolute Gasteiger partial charge is 0.341 e. The Morgan fingerprint density at radius 1 is 1.73 bits per heavy atom. The number of hydrogen-bond donors (Lipinski definition) is 1. The fraction of sp³-hybridized carbons (Fsp3) is 0.875. The smallest absolute Gasteiger partial charge is 0.222 e. The molecule has 1 amide bonds. The first-order valence-corrected chi connectivity index (χ1v) is 4.12. The molecule has 1 fully saturated rings. The third-order valence-electron chi connectivity index (χ3n) is 2.16. The molecule has 11 heavy (non-hydrogen) atoms. The standard InChI is InChI=1S/C8H16N2O/c1-3-7(11)10-5-4-8(2,9)6-10/h3-6,9H2,1-2H3. The Morgan fingerprint density at radius 2 is 2.36 bits per heavy atom. The van der Waals surface area contributed by atoms with Gasteiger partial charge in [0.25, 0.3) is 0 Å². The van der Waals surface area contributed by atoms with Crippen LogP contribution in [0.5, 0.6) is 0 Å². The lowest BCUT2D eigenvalue weighted by Gasteiger charge is -2.19. The van der Waals surface area contributed by atoms with Crippen LogP contribution in [0.3, 0.4) is 0 Å². The van der Waals surface area contributed by atoms with E-state index >= 15 is 0 Å². The Hall–Kier alpha value is -0.570. The van der Waals surface area contributed by atoms with Gasteiger partial charge in [0.2, 0.25) is 5.91 Å². The number of likely N-dealkylation sites (tertiary alicyclic amines) is 1. The minimum absolute atomic E-state index is 0.148. The highest BCUT2D eigenvalue weighted by Crippen LogP contribution is 2.17. The summed E-state index contributed by atoms with van der Waals surface area (Å²) in [4.78, 5) is 13.0. The highest BCUT2D eigenvalue weighted by Gasteiger charge is 2.31. The summed E-state index contributed by atoms with van der Waals surface area (Å²) in [5.74, 6) is 0.221. The highest BCUT2D eigenvalue weighted by atomic mass is 16.2. The third-order valence-corrected chi connectivity index (χ3v) is 2.16. The summed E-state index contributed by atoms with van der Waals surface area (Å²) in [5.41, 5.74) is 5.72. The van der Waals surface area contributed by atoms with Gasteiger partial charge in [-0.25, -0.2) is 0 Å². The molecule has 3 heteroatoms. The molecule has 1 aliphatic rings. The van der Waals surface area contributed by atoms with Gasteiger partial charge in [-0.15, -0.1) is 0 Å². The van der Waals surface area contributed by atoms with Gasteiger partial charge in [0, 0.05) is 25.0 Å². The fourth-order valence-electron chi connectivity index (χ4n) is 1.42. The quantitative estimate of drug-likeness (QED) is 0.595. The van der Waals surface area contributed by atoms with Crippen LogP contribution in [0.2, 0.25) is 0 Å². The van der Waals surface area contributed by atoms with E-state index in [1.165, 1.54) is 0 Å². The minimum Gasteiger partial charge on any atom is -0.341 e. The van der Waals surface area contributed by atoms with E-state index in [0.29, 0.717) is 6.42 Å². The first kappa shape index (κ1) is 8.53. The lowest BCUT2D eigenvalue weighted by Crippen LogP contribution is -2.40. The van der Waals surface area contributed by atoms with Crippen molar-refractivity contribution < 1.29 is 4.79 Å². The number of nitrogens with zero attached hydrogens (tertiary/aromatic N) is 1. The predicted molar refractivity (Wildman–Crippen MR) is 44.1 cm³/mol. The molecule has 0 bridgehead atoms. The molecule has 0 aliphatic carbocycles. The van der Waals surface area contributed by atoms with Gasteiger partial charge in [-0.3, -0.25) is 4.79 Å². The molecular weight excluding hydrogens is 140 g/mol. The molecule has 0 radical (unpaired) electrons. The van der Waals surface area contributed by atoms with Crippen molar-refractivity contribution in [3.8, 4) is 0 Å². The summed E-state index contributed by atoms with van der Waals surface area (Å²) in [6.07, 6.45) is 1.52. The SMILES string of the molecule is CCC(=O)N1CCC(C)(N)C1. The van der Waals surface area contributed by atoms with Gasteiger partial charge in [0.15, 0.2) is 0 Å². The lowest BCUT2D eigenvalue weighted by molar-refractivity contribution is -0.129. The zero-order valence-electron chi connectivity index (χ0n) is 7.26. The minimum atomic E-state index is -0.148. The number of amides is 1. The summed E-state index contributed by atoms with van der Waals surface area (Å²) in [6, 6.07) is 0. The van der Waals surface area contributed by atoms with Crippen LogP contribution < -0.4 is 5.73 Å².